The van der Waals surface area contributed by atoms with E-state index < -0.39 is 0 Å². The van der Waals surface area contributed by atoms with Crippen molar-refractivity contribution >= 4 is 0 Å². The first-order valence-corrected chi connectivity index (χ1v) is 7.99. The largest absolute Gasteiger partial charge is 0.507 e. The number of rotatable bonds is 6. The Labute approximate surface area is 127 Å². The fourth-order valence-corrected chi connectivity index (χ4v) is 3.43. The van der Waals surface area contributed by atoms with Gasteiger partial charge in [0.05, 0.1) is 7.11 Å². The maximum Gasteiger partial charge on any atom is 0.123 e. The highest BCUT2D eigenvalue weighted by molar-refractivity contribution is 5.39. The monoisotopic (exact) mass is 292 g/mol. The molecule has 1 aliphatic carbocycles. The second kappa shape index (κ2) is 7.66. The molecule has 0 aromatic heterocycles. The molecule has 0 bridgehead atoms. The molecule has 2 atom stereocenters. The van der Waals surface area contributed by atoms with E-state index in [-0.39, 0.29) is 0 Å². The van der Waals surface area contributed by atoms with E-state index in [2.05, 4.69) is 11.8 Å². The van der Waals surface area contributed by atoms with Crippen molar-refractivity contribution in [3.8, 4) is 11.5 Å². The van der Waals surface area contributed by atoms with Gasteiger partial charge in [0.1, 0.15) is 11.5 Å². The Hall–Kier alpha value is -1.26. The van der Waals surface area contributed by atoms with Crippen molar-refractivity contribution in [2.24, 2.45) is 11.7 Å². The molecule has 0 aliphatic heterocycles. The molecule has 0 amide bonds. The van der Waals surface area contributed by atoms with Crippen LogP contribution in [0.15, 0.2) is 18.2 Å². The molecular formula is C17H28N2O2. The molecule has 4 heteroatoms. The summed E-state index contributed by atoms with van der Waals surface area (Å²) in [7, 11) is 1.61. The molecule has 4 nitrogen and oxygen atoms in total. The normalized spacial score (nSPS) is 22.5. The maximum atomic E-state index is 10.2. The standard InChI is InChI=1S/C17H28N2O2/c1-3-19(16-7-5-4-6-13(16)11-18)12-14-8-9-15(21-2)10-17(14)20/h8-10,13,16,20H,3-7,11-12,18H2,1-2H3. The Morgan fingerprint density at radius 3 is 2.71 bits per heavy atom. The summed E-state index contributed by atoms with van der Waals surface area (Å²) in [6.45, 7) is 4.69. The highest BCUT2D eigenvalue weighted by Crippen LogP contribution is 2.31. The van der Waals surface area contributed by atoms with Crippen LogP contribution in [-0.4, -0.2) is 36.2 Å². The van der Waals surface area contributed by atoms with Gasteiger partial charge in [-0.1, -0.05) is 25.8 Å². The molecule has 1 saturated carbocycles. The van der Waals surface area contributed by atoms with Gasteiger partial charge >= 0.3 is 0 Å². The molecule has 3 N–H and O–H groups in total. The number of nitrogens with zero attached hydrogens (tertiary/aromatic N) is 1. The first-order chi connectivity index (χ1) is 10.2. The average Bonchev–Trinajstić information content (AvgIpc) is 2.53. The molecule has 1 aliphatic rings. The van der Waals surface area contributed by atoms with Crippen molar-refractivity contribution in [3.63, 3.8) is 0 Å². The lowest BCUT2D eigenvalue weighted by Crippen LogP contribution is -2.44. The Bertz CT molecular complexity index is 450. The Kier molecular flexibility index (Phi) is 5.88. The Morgan fingerprint density at radius 2 is 2.10 bits per heavy atom. The highest BCUT2D eigenvalue weighted by atomic mass is 16.5. The van der Waals surface area contributed by atoms with Crippen LogP contribution in [0, 0.1) is 5.92 Å². The van der Waals surface area contributed by atoms with E-state index in [1.54, 1.807) is 13.2 Å². The number of nitrogens with two attached hydrogens (primary N) is 1. The van der Waals surface area contributed by atoms with Gasteiger partial charge in [0.25, 0.3) is 0 Å². The molecule has 0 saturated heterocycles. The summed E-state index contributed by atoms with van der Waals surface area (Å²) < 4.78 is 5.14. The van der Waals surface area contributed by atoms with Gasteiger partial charge in [0.15, 0.2) is 0 Å². The molecule has 0 radical (unpaired) electrons. The Balaban J connectivity index is 2.11. The fraction of sp³-hybridized carbons (Fsp3) is 0.647. The zero-order valence-electron chi connectivity index (χ0n) is 13.2. The summed E-state index contributed by atoms with van der Waals surface area (Å²) in [6.07, 6.45) is 5.02. The van der Waals surface area contributed by atoms with Crippen LogP contribution >= 0.6 is 0 Å². The lowest BCUT2D eigenvalue weighted by molar-refractivity contribution is 0.105. The number of phenolic OH excluding ortho intramolecular Hbond substituents is 1. The predicted octanol–water partition coefficient (Wildman–Crippen LogP) is 2.74. The molecule has 1 aromatic rings. The molecule has 2 rings (SSSR count). The molecule has 0 spiro atoms. The molecule has 1 aromatic carbocycles. The number of methoxy groups -OCH3 is 1. The maximum absolute atomic E-state index is 10.2. The molecule has 0 heterocycles. The predicted molar refractivity (Wildman–Crippen MR) is 85.5 cm³/mol. The van der Waals surface area contributed by atoms with Crippen molar-refractivity contribution in [2.75, 3.05) is 20.2 Å². The van der Waals surface area contributed by atoms with E-state index in [1.807, 2.05) is 12.1 Å². The SMILES string of the molecule is CCN(Cc1ccc(OC)cc1O)C1CCCCC1CN. The van der Waals surface area contributed by atoms with Gasteiger partial charge in [-0.25, -0.2) is 0 Å². The van der Waals surface area contributed by atoms with E-state index in [9.17, 15) is 5.11 Å². The number of phenols is 1. The second-order valence-electron chi connectivity index (χ2n) is 5.91. The summed E-state index contributed by atoms with van der Waals surface area (Å²) in [5.41, 5.74) is 6.91. The number of aromatic hydroxyl groups is 1. The van der Waals surface area contributed by atoms with Crippen LogP contribution in [0.5, 0.6) is 11.5 Å². The number of benzene rings is 1. The summed E-state index contributed by atoms with van der Waals surface area (Å²) in [6, 6.07) is 6.08. The lowest BCUT2D eigenvalue weighted by atomic mass is 9.83. The van der Waals surface area contributed by atoms with Crippen LogP contribution in [0.1, 0.15) is 38.2 Å². The summed E-state index contributed by atoms with van der Waals surface area (Å²) in [5, 5.41) is 10.2. The number of hydrogen-bond donors (Lipinski definition) is 2. The van der Waals surface area contributed by atoms with Gasteiger partial charge in [0.2, 0.25) is 0 Å². The van der Waals surface area contributed by atoms with E-state index in [0.717, 1.165) is 25.2 Å². The van der Waals surface area contributed by atoms with Crippen LogP contribution in [0.2, 0.25) is 0 Å². The minimum absolute atomic E-state index is 0.313. The van der Waals surface area contributed by atoms with Crippen LogP contribution < -0.4 is 10.5 Å². The van der Waals surface area contributed by atoms with E-state index in [1.165, 1.54) is 25.7 Å². The first kappa shape index (κ1) is 16.1. The number of ether oxygens (including phenoxy) is 1. The third kappa shape index (κ3) is 3.89. The van der Waals surface area contributed by atoms with Crippen LogP contribution in [-0.2, 0) is 6.54 Å². The quantitative estimate of drug-likeness (QED) is 0.846. The minimum Gasteiger partial charge on any atom is -0.507 e. The first-order valence-electron chi connectivity index (χ1n) is 7.99. The number of hydrogen-bond acceptors (Lipinski definition) is 4. The molecule has 118 valence electrons. The second-order valence-corrected chi connectivity index (χ2v) is 5.91. The van der Waals surface area contributed by atoms with Crippen molar-refractivity contribution in [1.82, 2.24) is 4.90 Å². The van der Waals surface area contributed by atoms with Crippen molar-refractivity contribution in [2.45, 2.75) is 45.2 Å². The molecule has 21 heavy (non-hydrogen) atoms. The third-order valence-electron chi connectivity index (χ3n) is 4.71. The van der Waals surface area contributed by atoms with E-state index >= 15 is 0 Å². The van der Waals surface area contributed by atoms with Gasteiger partial charge in [-0.15, -0.1) is 0 Å². The topological polar surface area (TPSA) is 58.7 Å². The van der Waals surface area contributed by atoms with Crippen LogP contribution in [0.25, 0.3) is 0 Å². The fourth-order valence-electron chi connectivity index (χ4n) is 3.43. The Morgan fingerprint density at radius 1 is 1.33 bits per heavy atom. The van der Waals surface area contributed by atoms with Crippen LogP contribution in [0.3, 0.4) is 0 Å². The smallest absolute Gasteiger partial charge is 0.123 e. The van der Waals surface area contributed by atoms with Crippen molar-refractivity contribution in [1.29, 1.82) is 0 Å². The van der Waals surface area contributed by atoms with Gasteiger partial charge < -0.3 is 15.6 Å². The van der Waals surface area contributed by atoms with Gasteiger partial charge in [0, 0.05) is 24.2 Å². The zero-order valence-corrected chi connectivity index (χ0v) is 13.2. The molecule has 1 fully saturated rings. The van der Waals surface area contributed by atoms with Gasteiger partial charge in [-0.3, -0.25) is 4.90 Å². The van der Waals surface area contributed by atoms with Gasteiger partial charge in [-0.2, -0.15) is 0 Å². The third-order valence-corrected chi connectivity index (χ3v) is 4.71. The molecule has 2 unspecified atom stereocenters. The summed E-state index contributed by atoms with van der Waals surface area (Å²) in [4.78, 5) is 2.46. The van der Waals surface area contributed by atoms with Gasteiger partial charge in [-0.05, 0) is 37.9 Å². The zero-order chi connectivity index (χ0) is 15.2. The van der Waals surface area contributed by atoms with E-state index in [4.69, 9.17) is 10.5 Å². The summed E-state index contributed by atoms with van der Waals surface area (Å²) >= 11 is 0. The molecular weight excluding hydrogens is 264 g/mol. The highest BCUT2D eigenvalue weighted by Gasteiger charge is 2.28. The van der Waals surface area contributed by atoms with E-state index in [0.29, 0.717) is 23.5 Å². The van der Waals surface area contributed by atoms with Crippen LogP contribution in [0.4, 0.5) is 0 Å². The minimum atomic E-state index is 0.313. The lowest BCUT2D eigenvalue weighted by Gasteiger charge is -2.39. The average molecular weight is 292 g/mol. The van der Waals surface area contributed by atoms with Crippen molar-refractivity contribution in [3.05, 3.63) is 23.8 Å². The van der Waals surface area contributed by atoms with Crippen molar-refractivity contribution < 1.29 is 9.84 Å². The summed E-state index contributed by atoms with van der Waals surface area (Å²) in [5.74, 6) is 1.59.